The van der Waals surface area contributed by atoms with Crippen LogP contribution in [0.1, 0.15) is 0 Å². The number of nitroso groups, excluding NO2 is 1. The van der Waals surface area contributed by atoms with E-state index in [4.69, 9.17) is 18.7 Å². The van der Waals surface area contributed by atoms with Crippen molar-refractivity contribution in [3.8, 4) is 0 Å². The van der Waals surface area contributed by atoms with Crippen LogP contribution in [-0.4, -0.2) is 68.5 Å². The Morgan fingerprint density at radius 2 is 2.06 bits per heavy atom. The van der Waals surface area contributed by atoms with E-state index in [9.17, 15) is 9.80 Å². The molecule has 0 aliphatic heterocycles. The van der Waals surface area contributed by atoms with E-state index in [0.29, 0.717) is 6.54 Å². The van der Waals surface area contributed by atoms with E-state index >= 15 is 0 Å². The average Bonchev–Trinajstić information content (AvgIpc) is 2.30. The predicted octanol–water partition coefficient (Wildman–Crippen LogP) is -0.243. The maximum atomic E-state index is 10.2. The van der Waals surface area contributed by atoms with E-state index in [1.165, 1.54) is 7.11 Å². The second-order valence-electron chi connectivity index (χ2n) is 3.63. The fraction of sp³-hybridized carbons (Fsp3) is 1.00. The van der Waals surface area contributed by atoms with Crippen LogP contribution in [0.25, 0.3) is 0 Å². The van der Waals surface area contributed by atoms with Crippen molar-refractivity contribution >= 4 is 8.17 Å². The zero-order valence-electron chi connectivity index (χ0n) is 10.3. The SMILES string of the molecule is CO[PH](O)(OCCN(C)C)OCC(CO)N=O. The molecule has 0 aliphatic carbocycles. The molecule has 0 aromatic carbocycles. The molecule has 8 nitrogen and oxygen atoms in total. The Labute approximate surface area is 101 Å². The first-order valence-electron chi connectivity index (χ1n) is 5.11. The summed E-state index contributed by atoms with van der Waals surface area (Å²) in [4.78, 5) is 21.9. The molecule has 104 valence electrons. The first-order chi connectivity index (χ1) is 7.97. The van der Waals surface area contributed by atoms with Crippen LogP contribution < -0.4 is 0 Å². The summed E-state index contributed by atoms with van der Waals surface area (Å²) < 4.78 is 14.9. The van der Waals surface area contributed by atoms with Crippen molar-refractivity contribution in [1.82, 2.24) is 4.90 Å². The standard InChI is InChI=1S/C8H21N2O6P/c1-10(2)4-5-15-17(13,14-3)16-7-8(6-11)9-12/h8,11,13,17H,4-7H2,1-3H3. The van der Waals surface area contributed by atoms with Gasteiger partial charge in [-0.25, -0.2) is 0 Å². The number of nitrogens with zero attached hydrogens (tertiary/aromatic N) is 2. The van der Waals surface area contributed by atoms with Gasteiger partial charge in [-0.1, -0.05) is 0 Å². The number of hydrogen-bond donors (Lipinski definition) is 2. The molecule has 0 fully saturated rings. The zero-order valence-corrected chi connectivity index (χ0v) is 11.3. The third kappa shape index (κ3) is 7.67. The minimum atomic E-state index is -3.72. The Morgan fingerprint density at radius 1 is 1.41 bits per heavy atom. The number of rotatable bonds is 10. The number of likely N-dealkylation sites (N-methyl/N-ethyl adjacent to an activating group) is 1. The summed E-state index contributed by atoms with van der Waals surface area (Å²) in [6.07, 6.45) is 0. The molecule has 0 amide bonds. The molecule has 0 saturated heterocycles. The van der Waals surface area contributed by atoms with Crippen LogP contribution in [0.3, 0.4) is 0 Å². The second-order valence-corrected chi connectivity index (χ2v) is 5.67. The summed E-state index contributed by atoms with van der Waals surface area (Å²) in [5.41, 5.74) is 0. The summed E-state index contributed by atoms with van der Waals surface area (Å²) in [6, 6.07) is -0.929. The van der Waals surface area contributed by atoms with Gasteiger partial charge in [-0.2, -0.15) is 0 Å². The van der Waals surface area contributed by atoms with Crippen LogP contribution in [0.5, 0.6) is 0 Å². The Bertz CT molecular complexity index is 220. The van der Waals surface area contributed by atoms with Gasteiger partial charge in [0.15, 0.2) is 0 Å². The van der Waals surface area contributed by atoms with Gasteiger partial charge in [0.1, 0.15) is 0 Å². The van der Waals surface area contributed by atoms with Gasteiger partial charge in [0.25, 0.3) is 0 Å². The van der Waals surface area contributed by atoms with E-state index in [0.717, 1.165) is 0 Å². The first kappa shape index (κ1) is 16.8. The van der Waals surface area contributed by atoms with E-state index in [1.54, 1.807) is 0 Å². The summed E-state index contributed by atoms with van der Waals surface area (Å²) in [5, 5.41) is 11.3. The Kier molecular flexibility index (Phi) is 8.71. The summed E-state index contributed by atoms with van der Waals surface area (Å²) in [5.74, 6) is 0. The molecule has 0 bridgehead atoms. The molecular formula is C8H21N2O6P. The van der Waals surface area contributed by atoms with Crippen LogP contribution in [0.2, 0.25) is 0 Å². The van der Waals surface area contributed by atoms with Crippen molar-refractivity contribution in [2.75, 3.05) is 47.6 Å². The Balaban J connectivity index is 4.03. The first-order valence-corrected chi connectivity index (χ1v) is 6.78. The van der Waals surface area contributed by atoms with E-state index in [2.05, 4.69) is 5.18 Å². The third-order valence-corrected chi connectivity index (χ3v) is 3.52. The molecule has 0 radical (unpaired) electrons. The molecule has 2 N–H and O–H groups in total. The molecule has 1 atom stereocenters. The molecule has 0 saturated carbocycles. The molecule has 0 rings (SSSR count). The molecule has 0 aromatic rings. The second kappa shape index (κ2) is 8.82. The predicted molar refractivity (Wildman–Crippen MR) is 64.7 cm³/mol. The molecule has 0 aliphatic rings. The van der Waals surface area contributed by atoms with Crippen molar-refractivity contribution in [1.29, 1.82) is 0 Å². The van der Waals surface area contributed by atoms with E-state index in [-0.39, 0.29) is 13.2 Å². The van der Waals surface area contributed by atoms with Gasteiger partial charge in [-0.3, -0.25) is 0 Å². The number of hydrogen-bond acceptors (Lipinski definition) is 8. The molecule has 1 unspecified atom stereocenters. The molecular weight excluding hydrogens is 251 g/mol. The fourth-order valence-corrected chi connectivity index (χ4v) is 1.91. The quantitative estimate of drug-likeness (QED) is 0.418. The summed E-state index contributed by atoms with van der Waals surface area (Å²) in [7, 11) is 1.25. The Morgan fingerprint density at radius 3 is 2.47 bits per heavy atom. The Hall–Kier alpha value is -0.210. The minimum absolute atomic E-state index is 0.238. The van der Waals surface area contributed by atoms with Crippen molar-refractivity contribution in [2.24, 2.45) is 5.18 Å². The van der Waals surface area contributed by atoms with Gasteiger partial charge in [0.05, 0.1) is 0 Å². The number of aliphatic hydroxyl groups excluding tert-OH is 1. The van der Waals surface area contributed by atoms with Crippen LogP contribution in [0.4, 0.5) is 0 Å². The molecule has 9 heteroatoms. The number of aliphatic hydroxyl groups is 1. The van der Waals surface area contributed by atoms with Gasteiger partial charge >= 0.3 is 100 Å². The normalized spacial score (nSPS) is 14.9. The zero-order chi connectivity index (χ0) is 13.3. The summed E-state index contributed by atoms with van der Waals surface area (Å²) >= 11 is 0. The van der Waals surface area contributed by atoms with Crippen LogP contribution in [0, 0.1) is 4.91 Å². The van der Waals surface area contributed by atoms with Crippen molar-refractivity contribution < 1.29 is 23.6 Å². The van der Waals surface area contributed by atoms with Gasteiger partial charge < -0.3 is 0 Å². The van der Waals surface area contributed by atoms with Crippen LogP contribution in [0.15, 0.2) is 5.18 Å². The van der Waals surface area contributed by atoms with Gasteiger partial charge in [0, 0.05) is 0 Å². The molecule has 17 heavy (non-hydrogen) atoms. The maximum absolute atomic E-state index is 10.2. The van der Waals surface area contributed by atoms with Gasteiger partial charge in [-0.05, 0) is 0 Å². The van der Waals surface area contributed by atoms with Crippen molar-refractivity contribution in [3.63, 3.8) is 0 Å². The van der Waals surface area contributed by atoms with Crippen LogP contribution in [-0.2, 0) is 13.6 Å². The van der Waals surface area contributed by atoms with Crippen molar-refractivity contribution in [3.05, 3.63) is 4.91 Å². The van der Waals surface area contributed by atoms with Crippen LogP contribution >= 0.6 is 8.17 Å². The summed E-state index contributed by atoms with van der Waals surface area (Å²) in [6.45, 7) is 0.146. The molecule has 0 heterocycles. The van der Waals surface area contributed by atoms with Gasteiger partial charge in [0.2, 0.25) is 0 Å². The van der Waals surface area contributed by atoms with Crippen molar-refractivity contribution in [2.45, 2.75) is 6.04 Å². The topological polar surface area (TPSA) is 101 Å². The molecule has 0 spiro atoms. The fourth-order valence-electron chi connectivity index (χ4n) is 0.835. The third-order valence-electron chi connectivity index (χ3n) is 1.90. The van der Waals surface area contributed by atoms with E-state index < -0.39 is 20.8 Å². The molecule has 0 aromatic heterocycles. The average molecular weight is 272 g/mol. The monoisotopic (exact) mass is 272 g/mol. The van der Waals surface area contributed by atoms with E-state index in [1.807, 2.05) is 19.0 Å². The van der Waals surface area contributed by atoms with Gasteiger partial charge in [-0.15, -0.1) is 0 Å².